The number of aryl methyl sites for hydroxylation is 1. The molecule has 0 aliphatic rings. The van der Waals surface area contributed by atoms with E-state index in [0.717, 1.165) is 5.56 Å². The number of hydrogen-bond donors (Lipinski definition) is 1. The maximum absolute atomic E-state index is 12.5. The van der Waals surface area contributed by atoms with Crippen LogP contribution in [-0.4, -0.2) is 52.1 Å². The van der Waals surface area contributed by atoms with Crippen LogP contribution in [0.4, 0.5) is 0 Å². The Kier molecular flexibility index (Phi) is 10.3. The van der Waals surface area contributed by atoms with Crippen molar-refractivity contribution in [2.45, 2.75) is 13.0 Å². The molecule has 7 nitrogen and oxygen atoms in total. The molecule has 0 heterocycles. The summed E-state index contributed by atoms with van der Waals surface area (Å²) in [5.41, 5.74) is 1.11. The van der Waals surface area contributed by atoms with E-state index >= 15 is 0 Å². The number of benzene rings is 2. The first-order valence-electron chi connectivity index (χ1n) is 9.96. The first-order valence-corrected chi connectivity index (χ1v) is 9.96. The summed E-state index contributed by atoms with van der Waals surface area (Å²) in [5.74, 6) is 6.64. The average molecular weight is 437 g/mol. The van der Waals surface area contributed by atoms with E-state index in [9.17, 15) is 4.79 Å². The number of nitrogens with one attached hydrogen (secondary N) is 1. The third kappa shape index (κ3) is 8.14. The molecule has 0 bridgehead atoms. The van der Waals surface area contributed by atoms with Crippen LogP contribution in [0.5, 0.6) is 23.0 Å². The number of carbonyl (C=O) groups is 1. The molecular weight excluding hydrogens is 410 g/mol. The molecule has 1 amide bonds. The van der Waals surface area contributed by atoms with Gasteiger partial charge in [-0.15, -0.1) is 12.8 Å². The monoisotopic (exact) mass is 437 g/mol. The summed E-state index contributed by atoms with van der Waals surface area (Å²) in [6.45, 7) is 2.65. The van der Waals surface area contributed by atoms with Crippen molar-refractivity contribution in [1.82, 2.24) is 5.32 Å². The molecule has 0 aliphatic carbocycles. The van der Waals surface area contributed by atoms with E-state index in [4.69, 9.17) is 36.5 Å². The lowest BCUT2D eigenvalue weighted by Crippen LogP contribution is -2.41. The maximum Gasteiger partial charge on any atom is 0.252 e. The van der Waals surface area contributed by atoms with Gasteiger partial charge in [-0.2, -0.15) is 0 Å². The average Bonchev–Trinajstić information content (AvgIpc) is 2.81. The van der Waals surface area contributed by atoms with Crippen molar-refractivity contribution in [3.63, 3.8) is 0 Å². The van der Waals surface area contributed by atoms with Gasteiger partial charge in [0.1, 0.15) is 37.9 Å². The van der Waals surface area contributed by atoms with E-state index in [-0.39, 0.29) is 38.9 Å². The topological polar surface area (TPSA) is 75.3 Å². The summed E-state index contributed by atoms with van der Waals surface area (Å²) in [6.07, 6.45) is 9.61. The van der Waals surface area contributed by atoms with Crippen molar-refractivity contribution < 1.29 is 28.5 Å². The SMILES string of the molecule is C#CCOc1ccc(OCCNC(=O)C(COc2ccc(C)cc2)OCC#C)cc1OC. The Morgan fingerprint density at radius 2 is 1.69 bits per heavy atom. The fourth-order valence-electron chi connectivity index (χ4n) is 2.59. The largest absolute Gasteiger partial charge is 0.493 e. The lowest BCUT2D eigenvalue weighted by molar-refractivity contribution is -0.133. The minimum atomic E-state index is -0.847. The summed E-state index contributed by atoms with van der Waals surface area (Å²) in [5, 5.41) is 2.76. The van der Waals surface area contributed by atoms with E-state index < -0.39 is 6.10 Å². The molecule has 0 radical (unpaired) electrons. The van der Waals surface area contributed by atoms with Crippen molar-refractivity contribution in [1.29, 1.82) is 0 Å². The second-order valence-corrected chi connectivity index (χ2v) is 6.57. The Labute approximate surface area is 189 Å². The van der Waals surface area contributed by atoms with Gasteiger partial charge in [-0.1, -0.05) is 29.5 Å². The van der Waals surface area contributed by atoms with Gasteiger partial charge < -0.3 is 29.0 Å². The Bertz CT molecular complexity index is 942. The molecular formula is C25H27NO6. The van der Waals surface area contributed by atoms with Gasteiger partial charge in [0.2, 0.25) is 0 Å². The van der Waals surface area contributed by atoms with Crippen molar-refractivity contribution in [2.75, 3.05) is 40.1 Å². The summed E-state index contributed by atoms with van der Waals surface area (Å²) in [7, 11) is 1.52. The minimum absolute atomic E-state index is 0.000263. The molecule has 2 aromatic carbocycles. The Balaban J connectivity index is 1.82. The number of carbonyl (C=O) groups excluding carboxylic acids is 1. The van der Waals surface area contributed by atoms with Crippen LogP contribution in [0, 0.1) is 31.6 Å². The van der Waals surface area contributed by atoms with E-state index in [0.29, 0.717) is 23.0 Å². The molecule has 1 N–H and O–H groups in total. The highest BCUT2D eigenvalue weighted by molar-refractivity contribution is 5.81. The van der Waals surface area contributed by atoms with E-state index in [1.165, 1.54) is 7.11 Å². The van der Waals surface area contributed by atoms with E-state index in [2.05, 4.69) is 17.2 Å². The number of ether oxygens (including phenoxy) is 5. The van der Waals surface area contributed by atoms with Crippen LogP contribution in [0.25, 0.3) is 0 Å². The molecule has 0 spiro atoms. The summed E-state index contributed by atoms with van der Waals surface area (Å²) in [4.78, 5) is 12.5. The lowest BCUT2D eigenvalue weighted by atomic mass is 10.2. The van der Waals surface area contributed by atoms with Gasteiger partial charge in [-0.25, -0.2) is 0 Å². The van der Waals surface area contributed by atoms with Crippen LogP contribution >= 0.6 is 0 Å². The predicted molar refractivity (Wildman–Crippen MR) is 121 cm³/mol. The Hall–Kier alpha value is -3.81. The van der Waals surface area contributed by atoms with Crippen molar-refractivity contribution >= 4 is 5.91 Å². The van der Waals surface area contributed by atoms with Crippen LogP contribution in [0.15, 0.2) is 42.5 Å². The molecule has 0 aliphatic heterocycles. The van der Waals surface area contributed by atoms with Crippen LogP contribution in [-0.2, 0) is 9.53 Å². The minimum Gasteiger partial charge on any atom is -0.493 e. The third-order valence-corrected chi connectivity index (χ3v) is 4.20. The van der Waals surface area contributed by atoms with E-state index in [1.807, 2.05) is 31.2 Å². The van der Waals surface area contributed by atoms with Gasteiger partial charge in [-0.05, 0) is 31.2 Å². The summed E-state index contributed by atoms with van der Waals surface area (Å²) in [6, 6.07) is 12.6. The van der Waals surface area contributed by atoms with Gasteiger partial charge in [0, 0.05) is 6.07 Å². The highest BCUT2D eigenvalue weighted by Crippen LogP contribution is 2.31. The van der Waals surface area contributed by atoms with Gasteiger partial charge in [0.05, 0.1) is 13.7 Å². The predicted octanol–water partition coefficient (Wildman–Crippen LogP) is 2.61. The highest BCUT2D eigenvalue weighted by atomic mass is 16.5. The fourth-order valence-corrected chi connectivity index (χ4v) is 2.59. The van der Waals surface area contributed by atoms with Crippen molar-refractivity contribution in [2.24, 2.45) is 0 Å². The van der Waals surface area contributed by atoms with Crippen molar-refractivity contribution in [3.8, 4) is 47.7 Å². The zero-order chi connectivity index (χ0) is 23.2. The van der Waals surface area contributed by atoms with Gasteiger partial charge >= 0.3 is 0 Å². The van der Waals surface area contributed by atoms with Crippen LogP contribution in [0.2, 0.25) is 0 Å². The summed E-state index contributed by atoms with van der Waals surface area (Å²) >= 11 is 0. The molecule has 1 atom stereocenters. The first kappa shape index (κ1) is 24.5. The quantitative estimate of drug-likeness (QED) is 0.384. The third-order valence-electron chi connectivity index (χ3n) is 4.20. The second-order valence-electron chi connectivity index (χ2n) is 6.57. The second kappa shape index (κ2) is 13.5. The maximum atomic E-state index is 12.5. The molecule has 0 fully saturated rings. The Morgan fingerprint density at radius 1 is 0.969 bits per heavy atom. The first-order chi connectivity index (χ1) is 15.6. The molecule has 0 saturated carbocycles. The number of rotatable bonds is 13. The van der Waals surface area contributed by atoms with Gasteiger partial charge in [-0.3, -0.25) is 4.79 Å². The number of terminal acetylenes is 2. The fraction of sp³-hybridized carbons (Fsp3) is 0.320. The van der Waals surface area contributed by atoms with Gasteiger partial charge in [0.25, 0.3) is 5.91 Å². The summed E-state index contributed by atoms with van der Waals surface area (Å²) < 4.78 is 27.4. The standard InChI is InChI=1S/C25H27NO6/c1-5-14-30-22-12-11-21(17-23(22)28-4)29-16-13-26-25(27)24(31-15-6-2)18-32-20-9-7-19(3)8-10-20/h1-2,7-12,17,24H,13-16,18H2,3-4H3,(H,26,27). The Morgan fingerprint density at radius 3 is 2.38 bits per heavy atom. The van der Waals surface area contributed by atoms with Crippen LogP contribution < -0.4 is 24.3 Å². The molecule has 168 valence electrons. The van der Waals surface area contributed by atoms with Crippen LogP contribution in [0.1, 0.15) is 5.56 Å². The molecule has 32 heavy (non-hydrogen) atoms. The molecule has 1 unspecified atom stereocenters. The van der Waals surface area contributed by atoms with E-state index in [1.54, 1.807) is 18.2 Å². The number of hydrogen-bond acceptors (Lipinski definition) is 6. The smallest absolute Gasteiger partial charge is 0.252 e. The zero-order valence-electron chi connectivity index (χ0n) is 18.3. The number of methoxy groups -OCH3 is 1. The molecule has 0 aromatic heterocycles. The lowest BCUT2D eigenvalue weighted by Gasteiger charge is -2.17. The normalized spacial score (nSPS) is 10.9. The molecule has 0 saturated heterocycles. The number of amides is 1. The molecule has 2 rings (SSSR count). The molecule has 7 heteroatoms. The van der Waals surface area contributed by atoms with Gasteiger partial charge in [0.15, 0.2) is 17.6 Å². The zero-order valence-corrected chi connectivity index (χ0v) is 18.3. The van der Waals surface area contributed by atoms with Crippen LogP contribution in [0.3, 0.4) is 0 Å². The van der Waals surface area contributed by atoms with Crippen molar-refractivity contribution in [3.05, 3.63) is 48.0 Å². The molecule has 2 aromatic rings. The highest BCUT2D eigenvalue weighted by Gasteiger charge is 2.19.